The van der Waals surface area contributed by atoms with Crippen LogP contribution in [-0.4, -0.2) is 51.7 Å². The maximum Gasteiger partial charge on any atom is 0.326 e. The predicted octanol–water partition coefficient (Wildman–Crippen LogP) is -0.182. The van der Waals surface area contributed by atoms with Gasteiger partial charge in [-0.2, -0.15) is 4.72 Å². The molecular formula is C15H18N2O6S. The van der Waals surface area contributed by atoms with Crippen LogP contribution in [0.3, 0.4) is 0 Å². The van der Waals surface area contributed by atoms with E-state index in [1.54, 1.807) is 0 Å². The fourth-order valence-corrected chi connectivity index (χ4v) is 2.74. The number of hydrogen-bond donors (Lipinski definition) is 3. The molecular weight excluding hydrogens is 336 g/mol. The van der Waals surface area contributed by atoms with Crippen molar-refractivity contribution in [1.82, 2.24) is 10.0 Å². The van der Waals surface area contributed by atoms with Gasteiger partial charge in [0.05, 0.1) is 11.4 Å². The highest BCUT2D eigenvalue weighted by atomic mass is 32.2. The van der Waals surface area contributed by atoms with E-state index in [0.29, 0.717) is 0 Å². The van der Waals surface area contributed by atoms with E-state index >= 15 is 0 Å². The van der Waals surface area contributed by atoms with Crippen molar-refractivity contribution in [3.63, 3.8) is 0 Å². The van der Waals surface area contributed by atoms with Gasteiger partial charge in [-0.15, -0.1) is 6.42 Å². The monoisotopic (exact) mass is 354 g/mol. The van der Waals surface area contributed by atoms with Gasteiger partial charge in [0.15, 0.2) is 0 Å². The number of carbonyl (C=O) groups is 2. The van der Waals surface area contributed by atoms with Crippen LogP contribution in [0.2, 0.25) is 0 Å². The summed E-state index contributed by atoms with van der Waals surface area (Å²) in [5.41, 5.74) is 0.0160. The number of carbonyl (C=O) groups excluding carboxylic acids is 1. The van der Waals surface area contributed by atoms with Crippen molar-refractivity contribution in [1.29, 1.82) is 0 Å². The fraction of sp³-hybridized carbons (Fsp3) is 0.333. The molecule has 3 N–H and O–H groups in total. The highest BCUT2D eigenvalue weighted by Gasteiger charge is 2.21. The lowest BCUT2D eigenvalue weighted by molar-refractivity contribution is -0.139. The summed E-state index contributed by atoms with van der Waals surface area (Å²) in [5.74, 6) is 0.233. The second-order valence-electron chi connectivity index (χ2n) is 4.70. The average molecular weight is 354 g/mol. The molecule has 1 unspecified atom stereocenters. The van der Waals surface area contributed by atoms with Gasteiger partial charge >= 0.3 is 5.97 Å². The minimum absolute atomic E-state index is 0.0160. The van der Waals surface area contributed by atoms with Gasteiger partial charge in [-0.25, -0.2) is 13.2 Å². The van der Waals surface area contributed by atoms with Crippen LogP contribution < -0.4 is 10.0 Å². The Morgan fingerprint density at radius 2 is 2.12 bits per heavy atom. The Hall–Kier alpha value is -2.41. The molecule has 1 aromatic rings. The molecule has 8 nitrogen and oxygen atoms in total. The molecule has 9 heteroatoms. The number of nitrogens with one attached hydrogen (secondary N) is 2. The van der Waals surface area contributed by atoms with E-state index in [2.05, 4.69) is 16.0 Å². The fourth-order valence-electron chi connectivity index (χ4n) is 1.76. The first-order chi connectivity index (χ1) is 11.3. The highest BCUT2D eigenvalue weighted by molar-refractivity contribution is 7.89. The van der Waals surface area contributed by atoms with Gasteiger partial charge in [-0.05, 0) is 18.2 Å². The molecule has 0 saturated carbocycles. The molecule has 1 aromatic carbocycles. The largest absolute Gasteiger partial charge is 0.480 e. The van der Waals surface area contributed by atoms with E-state index in [0.717, 1.165) is 6.07 Å². The molecule has 0 fully saturated rings. The zero-order valence-electron chi connectivity index (χ0n) is 13.0. The zero-order chi connectivity index (χ0) is 18.2. The number of benzene rings is 1. The molecule has 0 saturated heterocycles. The molecule has 1 rings (SSSR count). The normalized spacial score (nSPS) is 12.2. The summed E-state index contributed by atoms with van der Waals surface area (Å²) in [6.45, 7) is -0.0292. The Bertz CT molecular complexity index is 739. The first-order valence-corrected chi connectivity index (χ1v) is 8.36. The number of amides is 1. The van der Waals surface area contributed by atoms with Gasteiger partial charge in [0.1, 0.15) is 6.04 Å². The van der Waals surface area contributed by atoms with Crippen LogP contribution in [0.4, 0.5) is 0 Å². The second-order valence-corrected chi connectivity index (χ2v) is 6.47. The van der Waals surface area contributed by atoms with Crippen LogP contribution in [-0.2, 0) is 19.6 Å². The van der Waals surface area contributed by atoms with E-state index in [-0.39, 0.29) is 30.0 Å². The van der Waals surface area contributed by atoms with Crippen LogP contribution in [0, 0.1) is 12.3 Å². The third kappa shape index (κ3) is 5.66. The Morgan fingerprint density at radius 1 is 1.42 bits per heavy atom. The third-order valence-electron chi connectivity index (χ3n) is 2.98. The summed E-state index contributed by atoms with van der Waals surface area (Å²) in [5, 5.41) is 11.4. The van der Waals surface area contributed by atoms with Gasteiger partial charge in [0.25, 0.3) is 5.91 Å². The standard InChI is InChI=1S/C15H18N2O6S/c1-3-8-16-24(21,22)12-6-4-5-11(10-12)14(18)17-13(15(19)20)7-9-23-2/h1,4-6,10,13,16H,7-9H2,2H3,(H,17,18)(H,19,20). The Balaban J connectivity index is 2.94. The van der Waals surface area contributed by atoms with E-state index in [4.69, 9.17) is 16.3 Å². The number of carboxylic acids is 1. The highest BCUT2D eigenvalue weighted by Crippen LogP contribution is 2.12. The lowest BCUT2D eigenvalue weighted by atomic mass is 10.1. The lowest BCUT2D eigenvalue weighted by Crippen LogP contribution is -2.41. The van der Waals surface area contributed by atoms with Crippen molar-refractivity contribution in [3.8, 4) is 12.3 Å². The van der Waals surface area contributed by atoms with Crippen molar-refractivity contribution < 1.29 is 27.9 Å². The molecule has 1 atom stereocenters. The zero-order valence-corrected chi connectivity index (χ0v) is 13.8. The quantitative estimate of drug-likeness (QED) is 0.529. The minimum Gasteiger partial charge on any atom is -0.480 e. The van der Waals surface area contributed by atoms with E-state index < -0.39 is 27.9 Å². The predicted molar refractivity (Wildman–Crippen MR) is 85.8 cm³/mol. The molecule has 0 bridgehead atoms. The maximum absolute atomic E-state index is 12.2. The van der Waals surface area contributed by atoms with Crippen LogP contribution in [0.25, 0.3) is 0 Å². The van der Waals surface area contributed by atoms with Crippen molar-refractivity contribution in [3.05, 3.63) is 29.8 Å². The van der Waals surface area contributed by atoms with Gasteiger partial charge in [-0.1, -0.05) is 12.0 Å². The molecule has 24 heavy (non-hydrogen) atoms. The van der Waals surface area contributed by atoms with Crippen LogP contribution in [0.5, 0.6) is 0 Å². The molecule has 0 aromatic heterocycles. The van der Waals surface area contributed by atoms with E-state index in [1.807, 2.05) is 0 Å². The molecule has 0 heterocycles. The molecule has 130 valence electrons. The lowest BCUT2D eigenvalue weighted by Gasteiger charge is -2.14. The van der Waals surface area contributed by atoms with Gasteiger partial charge in [0.2, 0.25) is 10.0 Å². The number of rotatable bonds is 9. The summed E-state index contributed by atoms with van der Waals surface area (Å²) in [6.07, 6.45) is 5.09. The number of ether oxygens (including phenoxy) is 1. The molecule has 0 radical (unpaired) electrons. The molecule has 0 aliphatic rings. The molecule has 0 aliphatic carbocycles. The smallest absolute Gasteiger partial charge is 0.326 e. The average Bonchev–Trinajstić information content (AvgIpc) is 2.56. The van der Waals surface area contributed by atoms with E-state index in [9.17, 15) is 18.0 Å². The first-order valence-electron chi connectivity index (χ1n) is 6.87. The molecule has 0 spiro atoms. The number of carboxylic acid groups (broad SMARTS) is 1. The number of hydrogen-bond acceptors (Lipinski definition) is 5. The van der Waals surface area contributed by atoms with Gasteiger partial charge < -0.3 is 15.2 Å². The van der Waals surface area contributed by atoms with Crippen LogP contribution in [0.1, 0.15) is 16.8 Å². The van der Waals surface area contributed by atoms with Crippen molar-refractivity contribution in [2.75, 3.05) is 20.3 Å². The number of sulfonamides is 1. The first kappa shape index (κ1) is 19.6. The summed E-state index contributed by atoms with van der Waals surface area (Å²) in [4.78, 5) is 23.1. The SMILES string of the molecule is C#CCNS(=O)(=O)c1cccc(C(=O)NC(CCOC)C(=O)O)c1. The van der Waals surface area contributed by atoms with Crippen LogP contribution in [0.15, 0.2) is 29.2 Å². The summed E-state index contributed by atoms with van der Waals surface area (Å²) >= 11 is 0. The van der Waals surface area contributed by atoms with Crippen molar-refractivity contribution in [2.24, 2.45) is 0 Å². The summed E-state index contributed by atoms with van der Waals surface area (Å²) < 4.78 is 30.9. The number of methoxy groups -OCH3 is 1. The summed E-state index contributed by atoms with van der Waals surface area (Å²) in [7, 11) is -2.43. The van der Waals surface area contributed by atoms with Gasteiger partial charge in [0, 0.05) is 25.7 Å². The van der Waals surface area contributed by atoms with Crippen molar-refractivity contribution in [2.45, 2.75) is 17.4 Å². The Labute approximate surface area is 140 Å². The number of terminal acetylenes is 1. The Morgan fingerprint density at radius 3 is 2.71 bits per heavy atom. The van der Waals surface area contributed by atoms with Gasteiger partial charge in [-0.3, -0.25) is 4.79 Å². The molecule has 0 aliphatic heterocycles. The van der Waals surface area contributed by atoms with E-state index in [1.165, 1.54) is 25.3 Å². The third-order valence-corrected chi connectivity index (χ3v) is 4.38. The molecule has 1 amide bonds. The van der Waals surface area contributed by atoms with Crippen molar-refractivity contribution >= 4 is 21.9 Å². The Kier molecular flexibility index (Phi) is 7.38. The topological polar surface area (TPSA) is 122 Å². The second kappa shape index (κ2) is 9.02. The summed E-state index contributed by atoms with van der Waals surface area (Å²) in [6, 6.07) is 4.06. The minimum atomic E-state index is -3.85. The number of aliphatic carboxylic acids is 1. The maximum atomic E-state index is 12.2. The van der Waals surface area contributed by atoms with Crippen LogP contribution >= 0.6 is 0 Å².